The van der Waals surface area contributed by atoms with E-state index >= 15 is 0 Å². The molecule has 0 aliphatic carbocycles. The first kappa shape index (κ1) is 19.6. The van der Waals surface area contributed by atoms with Gasteiger partial charge in [-0.1, -0.05) is 23.8 Å². The average molecular weight is 425 g/mol. The average Bonchev–Trinajstić information content (AvgIpc) is 3.36. The van der Waals surface area contributed by atoms with Gasteiger partial charge in [-0.2, -0.15) is 5.10 Å². The van der Waals surface area contributed by atoms with Crippen molar-refractivity contribution in [3.63, 3.8) is 0 Å². The van der Waals surface area contributed by atoms with Crippen molar-refractivity contribution in [3.05, 3.63) is 58.4 Å². The lowest BCUT2D eigenvalue weighted by molar-refractivity contribution is -0.122. The highest BCUT2D eigenvalue weighted by atomic mass is 32.1. The van der Waals surface area contributed by atoms with E-state index in [4.69, 9.17) is 21.7 Å². The quantitative estimate of drug-likeness (QED) is 0.428. The Labute approximate surface area is 177 Å². The van der Waals surface area contributed by atoms with Crippen LogP contribution in [0.1, 0.15) is 22.3 Å². The summed E-state index contributed by atoms with van der Waals surface area (Å²) in [6, 6.07) is 12.6. The largest absolute Gasteiger partial charge is 0.454 e. The molecule has 1 aliphatic rings. The van der Waals surface area contributed by atoms with Crippen molar-refractivity contribution < 1.29 is 19.1 Å². The summed E-state index contributed by atoms with van der Waals surface area (Å²) in [6.07, 6.45) is 0.105. The van der Waals surface area contributed by atoms with Gasteiger partial charge in [0, 0.05) is 24.1 Å². The molecule has 1 aromatic heterocycles. The zero-order valence-corrected chi connectivity index (χ0v) is 16.9. The third-order valence-corrected chi connectivity index (χ3v) is 4.86. The van der Waals surface area contributed by atoms with Gasteiger partial charge < -0.3 is 9.47 Å². The number of rotatable bonds is 5. The van der Waals surface area contributed by atoms with Gasteiger partial charge in [-0.15, -0.1) is 0 Å². The van der Waals surface area contributed by atoms with E-state index < -0.39 is 5.91 Å². The second kappa shape index (κ2) is 8.37. The van der Waals surface area contributed by atoms with Crippen LogP contribution in [-0.2, 0) is 11.3 Å². The first-order chi connectivity index (χ1) is 14.5. The molecule has 4 rings (SSSR count). The lowest BCUT2D eigenvalue weighted by Gasteiger charge is -2.10. The molecule has 2 aromatic carbocycles. The Morgan fingerprint density at radius 3 is 2.83 bits per heavy atom. The van der Waals surface area contributed by atoms with Crippen molar-refractivity contribution >= 4 is 24.0 Å². The van der Waals surface area contributed by atoms with Gasteiger partial charge in [0.05, 0.1) is 0 Å². The van der Waals surface area contributed by atoms with Gasteiger partial charge in [0.1, 0.15) is 0 Å². The van der Waals surface area contributed by atoms with Crippen LogP contribution in [0.15, 0.2) is 42.5 Å². The van der Waals surface area contributed by atoms with Gasteiger partial charge in [-0.05, 0) is 43.4 Å². The Balaban J connectivity index is 1.35. The first-order valence-electron chi connectivity index (χ1n) is 9.22. The first-order valence-corrected chi connectivity index (χ1v) is 9.63. The molecule has 0 saturated carbocycles. The molecule has 2 amide bonds. The van der Waals surface area contributed by atoms with Crippen molar-refractivity contribution in [2.75, 3.05) is 6.79 Å². The Morgan fingerprint density at radius 2 is 2.00 bits per heavy atom. The number of H-pyrrole nitrogens is 1. The Morgan fingerprint density at radius 1 is 1.17 bits per heavy atom. The summed E-state index contributed by atoms with van der Waals surface area (Å²) < 4.78 is 12.6. The molecule has 0 unspecified atom stereocenters. The number of carbonyl (C=O) groups is 2. The summed E-state index contributed by atoms with van der Waals surface area (Å²) in [5.74, 6) is 0.911. The molecule has 2 heterocycles. The summed E-state index contributed by atoms with van der Waals surface area (Å²) in [6.45, 7) is 2.42. The number of hydrazine groups is 1. The minimum atomic E-state index is -0.456. The summed E-state index contributed by atoms with van der Waals surface area (Å²) in [4.78, 5) is 24.5. The highest BCUT2D eigenvalue weighted by molar-refractivity contribution is 7.71. The number of fused-ring (bicyclic) bond motifs is 1. The second-order valence-corrected chi connectivity index (χ2v) is 7.08. The number of ether oxygens (including phenoxy) is 2. The van der Waals surface area contributed by atoms with Crippen molar-refractivity contribution in [1.29, 1.82) is 0 Å². The Kier molecular flexibility index (Phi) is 5.48. The van der Waals surface area contributed by atoms with Crippen LogP contribution in [0.4, 0.5) is 0 Å². The van der Waals surface area contributed by atoms with Gasteiger partial charge in [0.15, 0.2) is 22.1 Å². The molecule has 1 aliphatic heterocycles. The summed E-state index contributed by atoms with van der Waals surface area (Å²) >= 11 is 5.29. The molecule has 0 saturated heterocycles. The molecule has 10 heteroatoms. The van der Waals surface area contributed by atoms with Gasteiger partial charge >= 0.3 is 0 Å². The van der Waals surface area contributed by atoms with Crippen molar-refractivity contribution in [2.45, 2.75) is 19.9 Å². The van der Waals surface area contributed by atoms with Crippen LogP contribution in [0.25, 0.3) is 11.4 Å². The molecular formula is C20H19N5O4S. The number of benzene rings is 2. The maximum Gasteiger partial charge on any atom is 0.269 e. The van der Waals surface area contributed by atoms with Crippen molar-refractivity contribution in [1.82, 2.24) is 25.6 Å². The van der Waals surface area contributed by atoms with E-state index in [1.165, 1.54) is 0 Å². The fourth-order valence-electron chi connectivity index (χ4n) is 3.04. The Hall–Kier alpha value is -3.66. The van der Waals surface area contributed by atoms with Crippen LogP contribution in [0.3, 0.4) is 0 Å². The molecule has 0 fully saturated rings. The topological polar surface area (TPSA) is 110 Å². The van der Waals surface area contributed by atoms with Crippen LogP contribution < -0.4 is 20.3 Å². The number of nitrogens with zero attached hydrogens (tertiary/aromatic N) is 2. The van der Waals surface area contributed by atoms with E-state index in [-0.39, 0.29) is 19.1 Å². The molecule has 0 radical (unpaired) electrons. The summed E-state index contributed by atoms with van der Waals surface area (Å²) in [5, 5.41) is 7.03. The molecule has 9 nitrogen and oxygen atoms in total. The van der Waals surface area contributed by atoms with Crippen molar-refractivity contribution in [3.8, 4) is 22.9 Å². The molecule has 154 valence electrons. The molecule has 0 bridgehead atoms. The van der Waals surface area contributed by atoms with E-state index in [0.717, 1.165) is 11.1 Å². The number of carbonyl (C=O) groups excluding carboxylic acids is 2. The lowest BCUT2D eigenvalue weighted by Crippen LogP contribution is -2.41. The number of hydrogen-bond acceptors (Lipinski definition) is 6. The number of aromatic nitrogens is 3. The highest BCUT2D eigenvalue weighted by Crippen LogP contribution is 2.32. The third-order valence-electron chi connectivity index (χ3n) is 4.55. The summed E-state index contributed by atoms with van der Waals surface area (Å²) in [7, 11) is 0. The molecule has 30 heavy (non-hydrogen) atoms. The van der Waals surface area contributed by atoms with E-state index in [1.54, 1.807) is 22.8 Å². The summed E-state index contributed by atoms with van der Waals surface area (Å²) in [5.41, 5.74) is 7.15. The maximum absolute atomic E-state index is 12.2. The molecule has 3 N–H and O–H groups in total. The zero-order valence-electron chi connectivity index (χ0n) is 16.1. The SMILES string of the molecule is Cc1cccc(-c2n[nH]c(=S)n2CCC(=O)NNC(=O)c2ccc3c(c2)OCO3)c1. The lowest BCUT2D eigenvalue weighted by atomic mass is 10.1. The molecule has 3 aromatic rings. The maximum atomic E-state index is 12.2. The van der Waals surface area contributed by atoms with E-state index in [1.807, 2.05) is 31.2 Å². The minimum absolute atomic E-state index is 0.105. The predicted octanol–water partition coefficient (Wildman–Crippen LogP) is 2.50. The van der Waals surface area contributed by atoms with E-state index in [2.05, 4.69) is 21.0 Å². The van der Waals surface area contributed by atoms with Crippen LogP contribution >= 0.6 is 12.2 Å². The smallest absolute Gasteiger partial charge is 0.269 e. The van der Waals surface area contributed by atoms with Gasteiger partial charge in [-0.25, -0.2) is 0 Å². The van der Waals surface area contributed by atoms with Crippen molar-refractivity contribution in [2.24, 2.45) is 0 Å². The van der Waals surface area contributed by atoms with Crippen LogP contribution in [-0.4, -0.2) is 33.4 Å². The number of amides is 2. The number of aryl methyl sites for hydroxylation is 1. The number of aromatic amines is 1. The van der Waals surface area contributed by atoms with Gasteiger partial charge in [0.2, 0.25) is 12.7 Å². The molecule has 0 spiro atoms. The fraction of sp³-hybridized carbons (Fsp3) is 0.200. The Bertz CT molecular complexity index is 1170. The minimum Gasteiger partial charge on any atom is -0.454 e. The zero-order chi connectivity index (χ0) is 21.1. The highest BCUT2D eigenvalue weighted by Gasteiger charge is 2.17. The second-order valence-electron chi connectivity index (χ2n) is 6.69. The monoisotopic (exact) mass is 425 g/mol. The van der Waals surface area contributed by atoms with Crippen LogP contribution in [0.5, 0.6) is 11.5 Å². The van der Waals surface area contributed by atoms with Gasteiger partial charge in [0.25, 0.3) is 5.91 Å². The fourth-order valence-corrected chi connectivity index (χ4v) is 3.27. The van der Waals surface area contributed by atoms with Crippen LogP contribution in [0.2, 0.25) is 0 Å². The predicted molar refractivity (Wildman–Crippen MR) is 110 cm³/mol. The number of hydrogen-bond donors (Lipinski definition) is 3. The van der Waals surface area contributed by atoms with Gasteiger partial charge in [-0.3, -0.25) is 30.1 Å². The van der Waals surface area contributed by atoms with Crippen LogP contribution in [0, 0.1) is 11.7 Å². The number of nitrogens with one attached hydrogen (secondary N) is 3. The van der Waals surface area contributed by atoms with E-state index in [0.29, 0.717) is 34.2 Å². The molecule has 0 atom stereocenters. The van der Waals surface area contributed by atoms with E-state index in [9.17, 15) is 9.59 Å². The normalized spacial score (nSPS) is 11.9. The molecular weight excluding hydrogens is 406 g/mol. The third kappa shape index (κ3) is 4.18. The standard InChI is InChI=1S/C20H19N5O4S/c1-12-3-2-4-13(9-12)18-22-24-20(30)25(18)8-7-17(26)21-23-19(27)14-5-6-15-16(10-14)29-11-28-15/h2-6,9-10H,7-8,11H2,1H3,(H,21,26)(H,23,27)(H,24,30).